The number of nitriles is 2. The molecule has 26 heavy (non-hydrogen) atoms. The van der Waals surface area contributed by atoms with E-state index in [2.05, 4.69) is 15.4 Å². The zero-order valence-corrected chi connectivity index (χ0v) is 15.6. The Balaban J connectivity index is 2.11. The topological polar surface area (TPSA) is 95.5 Å². The SMILES string of the molecule is CC(C)CC(=O)N1CCN(c2ccc(Cl)cc2NN=C(C#N)C#N)CC1. The molecule has 0 bridgehead atoms. The fourth-order valence-corrected chi connectivity index (χ4v) is 2.91. The van der Waals surface area contributed by atoms with Gasteiger partial charge in [-0.05, 0) is 24.1 Å². The number of carbonyl (C=O) groups excluding carboxylic acids is 1. The first-order valence-corrected chi connectivity index (χ1v) is 8.78. The summed E-state index contributed by atoms with van der Waals surface area (Å²) in [5.74, 6) is 0.534. The van der Waals surface area contributed by atoms with E-state index < -0.39 is 0 Å². The van der Waals surface area contributed by atoms with Crippen LogP contribution in [-0.4, -0.2) is 42.7 Å². The van der Waals surface area contributed by atoms with E-state index in [0.29, 0.717) is 49.2 Å². The molecule has 2 rings (SSSR count). The summed E-state index contributed by atoms with van der Waals surface area (Å²) in [6.07, 6.45) is 0.563. The van der Waals surface area contributed by atoms with Gasteiger partial charge in [0.1, 0.15) is 12.1 Å². The first-order valence-electron chi connectivity index (χ1n) is 8.40. The van der Waals surface area contributed by atoms with Gasteiger partial charge in [-0.3, -0.25) is 10.2 Å². The number of nitrogens with one attached hydrogen (secondary N) is 1. The summed E-state index contributed by atoms with van der Waals surface area (Å²) in [6, 6.07) is 8.75. The van der Waals surface area contributed by atoms with Gasteiger partial charge in [0.15, 0.2) is 0 Å². The zero-order chi connectivity index (χ0) is 19.1. The summed E-state index contributed by atoms with van der Waals surface area (Å²) in [6.45, 7) is 6.76. The Morgan fingerprint density at radius 1 is 1.27 bits per heavy atom. The van der Waals surface area contributed by atoms with E-state index in [0.717, 1.165) is 5.69 Å². The van der Waals surface area contributed by atoms with Crippen molar-refractivity contribution in [3.8, 4) is 12.1 Å². The maximum atomic E-state index is 12.2. The van der Waals surface area contributed by atoms with Gasteiger partial charge in [0.2, 0.25) is 11.6 Å². The molecular formula is C18H21ClN6O. The number of benzene rings is 1. The summed E-state index contributed by atoms with van der Waals surface area (Å²) in [5.41, 5.74) is 3.96. The van der Waals surface area contributed by atoms with Gasteiger partial charge in [-0.1, -0.05) is 25.4 Å². The lowest BCUT2D eigenvalue weighted by atomic mass is 10.1. The second-order valence-electron chi connectivity index (χ2n) is 6.42. The smallest absolute Gasteiger partial charge is 0.237 e. The Labute approximate surface area is 158 Å². The highest BCUT2D eigenvalue weighted by Gasteiger charge is 2.23. The summed E-state index contributed by atoms with van der Waals surface area (Å²) in [7, 11) is 0. The molecule has 1 aliphatic rings. The minimum atomic E-state index is -0.264. The first-order chi connectivity index (χ1) is 12.4. The molecule has 1 amide bonds. The van der Waals surface area contributed by atoms with Crippen LogP contribution in [0.2, 0.25) is 5.02 Å². The van der Waals surface area contributed by atoms with Crippen LogP contribution in [0.4, 0.5) is 11.4 Å². The van der Waals surface area contributed by atoms with Crippen LogP contribution in [0.25, 0.3) is 0 Å². The zero-order valence-electron chi connectivity index (χ0n) is 14.9. The predicted molar refractivity (Wildman–Crippen MR) is 102 cm³/mol. The molecule has 0 aliphatic carbocycles. The average molecular weight is 373 g/mol. The van der Waals surface area contributed by atoms with Crippen molar-refractivity contribution in [1.82, 2.24) is 4.90 Å². The predicted octanol–water partition coefficient (Wildman–Crippen LogP) is 2.85. The lowest BCUT2D eigenvalue weighted by Gasteiger charge is -2.37. The minimum absolute atomic E-state index is 0.186. The van der Waals surface area contributed by atoms with E-state index in [9.17, 15) is 4.79 Å². The number of hydrogen-bond donors (Lipinski definition) is 1. The van der Waals surface area contributed by atoms with Gasteiger partial charge in [0.25, 0.3) is 0 Å². The van der Waals surface area contributed by atoms with Gasteiger partial charge in [-0.25, -0.2) is 0 Å². The van der Waals surface area contributed by atoms with Gasteiger partial charge < -0.3 is 9.80 Å². The molecule has 1 aromatic carbocycles. The molecule has 1 fully saturated rings. The van der Waals surface area contributed by atoms with Crippen LogP contribution in [-0.2, 0) is 4.79 Å². The van der Waals surface area contributed by atoms with Gasteiger partial charge in [0.05, 0.1) is 11.4 Å². The molecule has 7 nitrogen and oxygen atoms in total. The summed E-state index contributed by atoms with van der Waals surface area (Å²) < 4.78 is 0. The highest BCUT2D eigenvalue weighted by Crippen LogP contribution is 2.30. The van der Waals surface area contributed by atoms with Gasteiger partial charge in [-0.2, -0.15) is 15.6 Å². The number of amides is 1. The van der Waals surface area contributed by atoms with Crippen molar-refractivity contribution in [1.29, 1.82) is 10.5 Å². The van der Waals surface area contributed by atoms with Crippen LogP contribution in [0.1, 0.15) is 20.3 Å². The van der Waals surface area contributed by atoms with E-state index in [1.165, 1.54) is 0 Å². The van der Waals surface area contributed by atoms with Gasteiger partial charge >= 0.3 is 0 Å². The monoisotopic (exact) mass is 372 g/mol. The summed E-state index contributed by atoms with van der Waals surface area (Å²) >= 11 is 6.06. The molecule has 1 saturated heterocycles. The third-order valence-electron chi connectivity index (χ3n) is 4.01. The lowest BCUT2D eigenvalue weighted by Crippen LogP contribution is -2.49. The van der Waals surface area contributed by atoms with Crippen LogP contribution in [0.3, 0.4) is 0 Å². The van der Waals surface area contributed by atoms with Crippen LogP contribution < -0.4 is 10.3 Å². The molecular weight excluding hydrogens is 352 g/mol. The molecule has 1 aliphatic heterocycles. The average Bonchev–Trinajstić information content (AvgIpc) is 2.62. The highest BCUT2D eigenvalue weighted by molar-refractivity contribution is 6.31. The maximum absolute atomic E-state index is 12.2. The molecule has 1 N–H and O–H groups in total. The van der Waals surface area contributed by atoms with Crippen molar-refractivity contribution >= 4 is 34.6 Å². The Kier molecular flexibility index (Phi) is 6.82. The van der Waals surface area contributed by atoms with E-state index in [4.69, 9.17) is 22.1 Å². The van der Waals surface area contributed by atoms with E-state index in [1.54, 1.807) is 24.3 Å². The Bertz CT molecular complexity index is 753. The normalized spacial score (nSPS) is 13.8. The number of hydrazone groups is 1. The quantitative estimate of drug-likeness (QED) is 0.633. The van der Waals surface area contributed by atoms with Gasteiger partial charge in [0, 0.05) is 37.6 Å². The Morgan fingerprint density at radius 2 is 1.92 bits per heavy atom. The Morgan fingerprint density at radius 3 is 2.50 bits per heavy atom. The van der Waals surface area contributed by atoms with Gasteiger partial charge in [-0.15, -0.1) is 0 Å². The molecule has 0 spiro atoms. The largest absolute Gasteiger partial charge is 0.366 e. The van der Waals surface area contributed by atoms with E-state index in [1.807, 2.05) is 24.8 Å². The Hall–Kier alpha value is -2.77. The van der Waals surface area contributed by atoms with E-state index >= 15 is 0 Å². The lowest BCUT2D eigenvalue weighted by molar-refractivity contribution is -0.132. The highest BCUT2D eigenvalue weighted by atomic mass is 35.5. The van der Waals surface area contributed by atoms with E-state index in [-0.39, 0.29) is 11.6 Å². The summed E-state index contributed by atoms with van der Waals surface area (Å²) in [5, 5.41) is 21.9. The maximum Gasteiger partial charge on any atom is 0.237 e. The van der Waals surface area contributed by atoms with Crippen LogP contribution in [0.5, 0.6) is 0 Å². The number of anilines is 2. The molecule has 0 aromatic heterocycles. The standard InChI is InChI=1S/C18H21ClN6O/c1-13(2)9-18(26)25-7-5-24(6-8-25)17-4-3-14(19)10-16(17)23-22-15(11-20)12-21/h3-4,10,13,23H,5-9H2,1-2H3. The number of nitrogens with zero attached hydrogens (tertiary/aromatic N) is 5. The first kappa shape index (κ1) is 19.6. The molecule has 136 valence electrons. The number of hydrogen-bond acceptors (Lipinski definition) is 6. The van der Waals surface area contributed by atoms with Crippen LogP contribution in [0.15, 0.2) is 23.3 Å². The molecule has 0 unspecified atom stereocenters. The van der Waals surface area contributed by atoms with Crippen LogP contribution >= 0.6 is 11.6 Å². The molecule has 8 heteroatoms. The second-order valence-corrected chi connectivity index (χ2v) is 6.86. The number of rotatable bonds is 5. The number of piperazine rings is 1. The third-order valence-corrected chi connectivity index (χ3v) is 4.25. The third kappa shape index (κ3) is 5.11. The molecule has 1 heterocycles. The van der Waals surface area contributed by atoms with Crippen molar-refractivity contribution in [3.05, 3.63) is 23.2 Å². The van der Waals surface area contributed by atoms with Crippen molar-refractivity contribution in [2.75, 3.05) is 36.5 Å². The van der Waals surface area contributed by atoms with Crippen molar-refractivity contribution < 1.29 is 4.79 Å². The molecule has 0 saturated carbocycles. The summed E-state index contributed by atoms with van der Waals surface area (Å²) in [4.78, 5) is 16.2. The van der Waals surface area contributed by atoms with Crippen molar-refractivity contribution in [3.63, 3.8) is 0 Å². The van der Waals surface area contributed by atoms with Crippen LogP contribution in [0, 0.1) is 28.6 Å². The fraction of sp³-hybridized carbons (Fsp3) is 0.444. The minimum Gasteiger partial charge on any atom is -0.366 e. The fourth-order valence-electron chi connectivity index (χ4n) is 2.74. The van der Waals surface area contributed by atoms with Crippen molar-refractivity contribution in [2.45, 2.75) is 20.3 Å². The number of halogens is 1. The molecule has 0 atom stereocenters. The number of carbonyl (C=O) groups is 1. The van der Waals surface area contributed by atoms with Crippen molar-refractivity contribution in [2.24, 2.45) is 11.0 Å². The molecule has 1 aromatic rings. The second kappa shape index (κ2) is 9.07. The molecule has 0 radical (unpaired) electrons.